The second-order valence-corrected chi connectivity index (χ2v) is 5.98. The monoisotopic (exact) mass is 296 g/mol. The highest BCUT2D eigenvalue weighted by Gasteiger charge is 2.37. The second-order valence-electron chi connectivity index (χ2n) is 5.98. The van der Waals surface area contributed by atoms with Crippen LogP contribution in [-0.4, -0.2) is 25.7 Å². The Hall–Kier alpha value is -2.63. The Morgan fingerprint density at radius 3 is 3.05 bits per heavy atom. The number of Topliss-reactive ketones (excluding diaryl/α,β-unsaturated/α-hetero) is 1. The molecule has 0 saturated heterocycles. The Morgan fingerprint density at radius 1 is 1.36 bits per heavy atom. The van der Waals surface area contributed by atoms with Gasteiger partial charge < -0.3 is 10.4 Å². The van der Waals surface area contributed by atoms with Crippen molar-refractivity contribution in [3.05, 3.63) is 47.4 Å². The molecule has 0 saturated carbocycles. The quantitative estimate of drug-likeness (QED) is 0.843. The van der Waals surface area contributed by atoms with Crippen LogP contribution in [0.25, 0.3) is 0 Å². The summed E-state index contributed by atoms with van der Waals surface area (Å²) >= 11 is 0. The van der Waals surface area contributed by atoms with E-state index in [1.165, 1.54) is 6.33 Å². The highest BCUT2D eigenvalue weighted by molar-refractivity contribution is 5.99. The van der Waals surface area contributed by atoms with E-state index in [1.54, 1.807) is 22.9 Å². The largest absolute Gasteiger partial charge is 0.508 e. The molecule has 22 heavy (non-hydrogen) atoms. The molecule has 6 heteroatoms. The zero-order valence-corrected chi connectivity index (χ0v) is 12.2. The molecule has 1 aliphatic carbocycles. The van der Waals surface area contributed by atoms with E-state index in [9.17, 15) is 9.90 Å². The number of nitrogens with zero attached hydrogens (tertiary/aromatic N) is 3. The van der Waals surface area contributed by atoms with E-state index in [0.717, 1.165) is 23.3 Å². The van der Waals surface area contributed by atoms with Crippen LogP contribution in [0.2, 0.25) is 0 Å². The Balaban J connectivity index is 1.92. The maximum atomic E-state index is 12.6. The molecule has 6 nitrogen and oxygen atoms in total. The number of hydrogen-bond acceptors (Lipinski definition) is 5. The first kappa shape index (κ1) is 13.1. The molecule has 1 aromatic heterocycles. The van der Waals surface area contributed by atoms with Gasteiger partial charge >= 0.3 is 0 Å². The lowest BCUT2D eigenvalue weighted by atomic mass is 9.81. The molecule has 0 bridgehead atoms. The lowest BCUT2D eigenvalue weighted by Gasteiger charge is -2.34. The van der Waals surface area contributed by atoms with E-state index in [4.69, 9.17) is 0 Å². The van der Waals surface area contributed by atoms with Crippen molar-refractivity contribution < 1.29 is 9.90 Å². The molecule has 0 fully saturated rings. The summed E-state index contributed by atoms with van der Waals surface area (Å²) in [5, 5.41) is 17.3. The molecule has 2 aromatic rings. The van der Waals surface area contributed by atoms with Gasteiger partial charge in [0.2, 0.25) is 5.95 Å². The normalized spacial score (nSPS) is 23.8. The first-order valence-corrected chi connectivity index (χ1v) is 7.35. The van der Waals surface area contributed by atoms with Crippen molar-refractivity contribution in [1.82, 2.24) is 14.8 Å². The molecule has 2 heterocycles. The average Bonchev–Trinajstić information content (AvgIpc) is 2.92. The van der Waals surface area contributed by atoms with Crippen LogP contribution in [0.1, 0.15) is 31.4 Å². The molecule has 0 amide bonds. The summed E-state index contributed by atoms with van der Waals surface area (Å²) in [4.78, 5) is 16.8. The van der Waals surface area contributed by atoms with Gasteiger partial charge in [-0.15, -0.1) is 0 Å². The fraction of sp³-hybridized carbons (Fsp3) is 0.312. The minimum atomic E-state index is -0.333. The van der Waals surface area contributed by atoms with Crippen molar-refractivity contribution in [2.24, 2.45) is 5.92 Å². The number of rotatable bonds is 1. The number of phenols is 1. The zero-order valence-electron chi connectivity index (χ0n) is 12.2. The van der Waals surface area contributed by atoms with E-state index in [1.807, 2.05) is 6.07 Å². The summed E-state index contributed by atoms with van der Waals surface area (Å²) in [5.41, 5.74) is 2.50. The third-order valence-electron chi connectivity index (χ3n) is 4.25. The number of allylic oxidation sites excluding steroid dienone is 2. The Kier molecular flexibility index (Phi) is 2.79. The van der Waals surface area contributed by atoms with Crippen LogP contribution in [0.5, 0.6) is 5.75 Å². The van der Waals surface area contributed by atoms with Crippen molar-refractivity contribution in [3.63, 3.8) is 0 Å². The van der Waals surface area contributed by atoms with Crippen LogP contribution in [-0.2, 0) is 4.79 Å². The maximum absolute atomic E-state index is 12.6. The third kappa shape index (κ3) is 1.91. The summed E-state index contributed by atoms with van der Waals surface area (Å²) in [6, 6.07) is 6.64. The SMILES string of the molecule is C[C@@H]1CC(=O)C2=C(C1)Nc1ncnn1[C@H]2c1cccc(O)c1. The minimum absolute atomic E-state index is 0.135. The average molecular weight is 296 g/mol. The van der Waals surface area contributed by atoms with Gasteiger partial charge in [0.1, 0.15) is 18.1 Å². The number of ketones is 1. The number of nitrogens with one attached hydrogen (secondary N) is 1. The van der Waals surface area contributed by atoms with Gasteiger partial charge in [-0.25, -0.2) is 4.68 Å². The van der Waals surface area contributed by atoms with E-state index in [2.05, 4.69) is 22.3 Å². The van der Waals surface area contributed by atoms with Gasteiger partial charge in [-0.3, -0.25) is 4.79 Å². The number of aromatic hydroxyl groups is 1. The van der Waals surface area contributed by atoms with Crippen molar-refractivity contribution in [2.75, 3.05) is 5.32 Å². The Morgan fingerprint density at radius 2 is 2.23 bits per heavy atom. The topological polar surface area (TPSA) is 80.0 Å². The summed E-state index contributed by atoms with van der Waals surface area (Å²) in [5.74, 6) is 1.26. The molecule has 1 aromatic carbocycles. The van der Waals surface area contributed by atoms with E-state index >= 15 is 0 Å². The number of benzene rings is 1. The maximum Gasteiger partial charge on any atom is 0.226 e. The zero-order chi connectivity index (χ0) is 15.3. The lowest BCUT2D eigenvalue weighted by molar-refractivity contribution is -0.117. The number of carbonyl (C=O) groups excluding carboxylic acids is 1. The highest BCUT2D eigenvalue weighted by Crippen LogP contribution is 2.41. The molecule has 1 aliphatic heterocycles. The number of fused-ring (bicyclic) bond motifs is 1. The molecular formula is C16H16N4O2. The summed E-state index contributed by atoms with van der Waals surface area (Å²) < 4.78 is 1.71. The fourth-order valence-corrected chi connectivity index (χ4v) is 3.35. The molecular weight excluding hydrogens is 280 g/mol. The number of phenolic OH excluding ortho intramolecular Hbond substituents is 1. The second kappa shape index (κ2) is 4.69. The number of anilines is 1. The third-order valence-corrected chi connectivity index (χ3v) is 4.25. The van der Waals surface area contributed by atoms with Gasteiger partial charge in [0.25, 0.3) is 0 Å². The molecule has 0 spiro atoms. The first-order chi connectivity index (χ1) is 10.6. The van der Waals surface area contributed by atoms with Gasteiger partial charge in [0.05, 0.1) is 0 Å². The van der Waals surface area contributed by atoms with Crippen LogP contribution in [0, 0.1) is 5.92 Å². The number of carbonyl (C=O) groups is 1. The summed E-state index contributed by atoms with van der Waals surface area (Å²) in [6.45, 7) is 2.08. The van der Waals surface area contributed by atoms with E-state index < -0.39 is 0 Å². The van der Waals surface area contributed by atoms with Crippen LogP contribution >= 0.6 is 0 Å². The first-order valence-electron chi connectivity index (χ1n) is 7.35. The van der Waals surface area contributed by atoms with Crippen LogP contribution in [0.4, 0.5) is 5.95 Å². The highest BCUT2D eigenvalue weighted by atomic mass is 16.3. The van der Waals surface area contributed by atoms with Gasteiger partial charge in [-0.2, -0.15) is 10.1 Å². The Labute approximate surface area is 127 Å². The van der Waals surface area contributed by atoms with Gasteiger partial charge in [-0.1, -0.05) is 19.1 Å². The number of hydrogen-bond donors (Lipinski definition) is 2. The molecule has 0 unspecified atom stereocenters. The molecule has 112 valence electrons. The fourth-order valence-electron chi connectivity index (χ4n) is 3.35. The van der Waals surface area contributed by atoms with Crippen LogP contribution in [0.3, 0.4) is 0 Å². The standard InChI is InChI=1S/C16H16N4O2/c1-9-5-12-14(13(22)6-9)15(10-3-2-4-11(21)7-10)20-16(19-12)17-8-18-20/h2-4,7-9,15,21H,5-6H2,1H3,(H,17,18,19)/t9-,15-/m0/s1. The number of aromatic nitrogens is 3. The predicted octanol–water partition coefficient (Wildman–Crippen LogP) is 2.25. The van der Waals surface area contributed by atoms with Crippen molar-refractivity contribution in [2.45, 2.75) is 25.8 Å². The van der Waals surface area contributed by atoms with E-state index in [0.29, 0.717) is 18.3 Å². The lowest BCUT2D eigenvalue weighted by Crippen LogP contribution is -2.33. The summed E-state index contributed by atoms with van der Waals surface area (Å²) in [6.07, 6.45) is 2.84. The van der Waals surface area contributed by atoms with Crippen molar-refractivity contribution in [1.29, 1.82) is 0 Å². The van der Waals surface area contributed by atoms with Crippen LogP contribution in [0.15, 0.2) is 41.9 Å². The molecule has 2 aliphatic rings. The van der Waals surface area contributed by atoms with Crippen molar-refractivity contribution in [3.8, 4) is 5.75 Å². The van der Waals surface area contributed by atoms with Crippen LogP contribution < -0.4 is 5.32 Å². The smallest absolute Gasteiger partial charge is 0.226 e. The molecule has 2 atom stereocenters. The van der Waals surface area contributed by atoms with E-state index in [-0.39, 0.29) is 17.6 Å². The van der Waals surface area contributed by atoms with Gasteiger partial charge in [0.15, 0.2) is 5.78 Å². The molecule has 4 rings (SSSR count). The van der Waals surface area contributed by atoms with Crippen molar-refractivity contribution >= 4 is 11.7 Å². The molecule has 2 N–H and O–H groups in total. The van der Waals surface area contributed by atoms with Gasteiger partial charge in [-0.05, 0) is 30.0 Å². The predicted molar refractivity (Wildman–Crippen MR) is 80.3 cm³/mol. The minimum Gasteiger partial charge on any atom is -0.508 e. The Bertz CT molecular complexity index is 793. The summed E-state index contributed by atoms with van der Waals surface area (Å²) in [7, 11) is 0. The molecule has 0 radical (unpaired) electrons. The van der Waals surface area contributed by atoms with Gasteiger partial charge in [0, 0.05) is 17.7 Å².